The van der Waals surface area contributed by atoms with Crippen LogP contribution >= 0.6 is 0 Å². The molecular formula is C21H20O8. The molecule has 0 saturated carbocycles. The lowest BCUT2D eigenvalue weighted by Crippen LogP contribution is -2.31. The van der Waals surface area contributed by atoms with Crippen LogP contribution in [0.1, 0.15) is 44.7 Å². The van der Waals surface area contributed by atoms with E-state index in [-0.39, 0.29) is 37.2 Å². The van der Waals surface area contributed by atoms with Crippen LogP contribution in [0, 0.1) is 0 Å². The Morgan fingerprint density at radius 1 is 0.621 bits per heavy atom. The molecule has 152 valence electrons. The number of hydrogen-bond acceptors (Lipinski definition) is 6. The van der Waals surface area contributed by atoms with Gasteiger partial charge in [0.1, 0.15) is 0 Å². The highest BCUT2D eigenvalue weighted by Gasteiger charge is 2.34. The Morgan fingerprint density at radius 3 is 1.17 bits per heavy atom. The summed E-state index contributed by atoms with van der Waals surface area (Å²) >= 11 is 0. The van der Waals surface area contributed by atoms with Gasteiger partial charge in [0.2, 0.25) is 0 Å². The number of hydrogen-bond donors (Lipinski definition) is 4. The number of rotatable bonds is 10. The molecule has 0 saturated heterocycles. The van der Waals surface area contributed by atoms with Crippen molar-refractivity contribution in [2.24, 2.45) is 0 Å². The van der Waals surface area contributed by atoms with Gasteiger partial charge < -0.3 is 20.4 Å². The van der Waals surface area contributed by atoms with E-state index < -0.39 is 28.9 Å². The molecule has 0 unspecified atom stereocenters. The second-order valence-electron chi connectivity index (χ2n) is 6.45. The summed E-state index contributed by atoms with van der Waals surface area (Å²) < 4.78 is 0. The fourth-order valence-corrected chi connectivity index (χ4v) is 3.38. The summed E-state index contributed by atoms with van der Waals surface area (Å²) in [5.41, 5.74) is 0.342. The first-order valence-corrected chi connectivity index (χ1v) is 8.75. The maximum absolute atomic E-state index is 11.6. The topological polar surface area (TPSA) is 149 Å². The third-order valence-corrected chi connectivity index (χ3v) is 4.86. The van der Waals surface area contributed by atoms with Gasteiger partial charge in [0.25, 0.3) is 11.6 Å². The Bertz CT molecular complexity index is 835. The highest BCUT2D eigenvalue weighted by Crippen LogP contribution is 2.39. The Kier molecular flexibility index (Phi) is 6.98. The van der Waals surface area contributed by atoms with Crippen molar-refractivity contribution in [1.82, 2.24) is 0 Å². The molecule has 29 heavy (non-hydrogen) atoms. The van der Waals surface area contributed by atoms with E-state index >= 15 is 0 Å². The molecule has 8 heteroatoms. The van der Waals surface area contributed by atoms with E-state index in [0.29, 0.717) is 11.1 Å². The number of aliphatic hydroxyl groups is 2. The monoisotopic (exact) mass is 400 g/mol. The van der Waals surface area contributed by atoms with E-state index in [2.05, 4.69) is 0 Å². The zero-order valence-electron chi connectivity index (χ0n) is 15.4. The molecule has 0 amide bonds. The van der Waals surface area contributed by atoms with Crippen molar-refractivity contribution in [3.8, 4) is 0 Å². The summed E-state index contributed by atoms with van der Waals surface area (Å²) in [6.07, 6.45) is 0.401. The van der Waals surface area contributed by atoms with E-state index in [0.717, 1.165) is 0 Å². The molecule has 0 bridgehead atoms. The van der Waals surface area contributed by atoms with Gasteiger partial charge >= 0.3 is 11.9 Å². The number of carbonyl (C=O) groups excluding carboxylic acids is 2. The first-order chi connectivity index (χ1) is 13.8. The van der Waals surface area contributed by atoms with Gasteiger partial charge in [-0.1, -0.05) is 48.5 Å². The highest BCUT2D eigenvalue weighted by atomic mass is 16.4. The molecule has 2 rings (SSSR count). The number of aliphatic hydroxyl groups excluding tert-OH is 2. The summed E-state index contributed by atoms with van der Waals surface area (Å²) in [5, 5.41) is 36.9. The van der Waals surface area contributed by atoms with Gasteiger partial charge in [-0.05, 0) is 24.0 Å². The average Bonchev–Trinajstić information content (AvgIpc) is 2.72. The number of carboxylic acid groups (broad SMARTS) is 2. The van der Waals surface area contributed by atoms with Crippen LogP contribution in [0.25, 0.3) is 0 Å². The Balaban J connectivity index is 2.53. The minimum Gasteiger partial charge on any atom is -0.475 e. The molecular weight excluding hydrogens is 380 g/mol. The summed E-state index contributed by atoms with van der Waals surface area (Å²) in [6, 6.07) is 11.6. The molecule has 0 radical (unpaired) electrons. The molecule has 0 atom stereocenters. The summed E-state index contributed by atoms with van der Waals surface area (Å²) in [5.74, 6) is -5.26. The maximum atomic E-state index is 11.6. The SMILES string of the molecule is O=C(O)C(=O)c1ccc(C(CCO)(CCO)c2ccc(C(=O)C(=O)O)cc2)cc1. The molecule has 0 aromatic heterocycles. The normalized spacial score (nSPS) is 11.1. The lowest BCUT2D eigenvalue weighted by atomic mass is 9.69. The molecule has 2 aromatic carbocycles. The van der Waals surface area contributed by atoms with Gasteiger partial charge in [-0.3, -0.25) is 9.59 Å². The number of carbonyl (C=O) groups is 4. The summed E-state index contributed by atoms with van der Waals surface area (Å²) in [7, 11) is 0. The van der Waals surface area contributed by atoms with E-state index in [9.17, 15) is 29.4 Å². The lowest BCUT2D eigenvalue weighted by molar-refractivity contribution is -0.132. The van der Waals surface area contributed by atoms with Crippen molar-refractivity contribution < 1.29 is 39.6 Å². The van der Waals surface area contributed by atoms with Gasteiger partial charge in [0, 0.05) is 29.8 Å². The Morgan fingerprint density at radius 2 is 0.931 bits per heavy atom. The van der Waals surface area contributed by atoms with Crippen molar-refractivity contribution in [2.75, 3.05) is 13.2 Å². The van der Waals surface area contributed by atoms with Crippen LogP contribution < -0.4 is 0 Å². The van der Waals surface area contributed by atoms with Crippen LogP contribution in [0.2, 0.25) is 0 Å². The number of ketones is 2. The number of Topliss-reactive ketones (excluding diaryl/α,β-unsaturated/α-hetero) is 2. The van der Waals surface area contributed by atoms with Gasteiger partial charge in [-0.2, -0.15) is 0 Å². The third kappa shape index (κ3) is 4.56. The molecule has 0 spiro atoms. The zero-order chi connectivity index (χ0) is 21.6. The fourth-order valence-electron chi connectivity index (χ4n) is 3.38. The first kappa shape index (κ1) is 21.9. The Labute approximate surface area is 166 Å². The average molecular weight is 400 g/mol. The van der Waals surface area contributed by atoms with E-state index in [1.807, 2.05) is 0 Å². The van der Waals surface area contributed by atoms with Crippen LogP contribution in [-0.2, 0) is 15.0 Å². The van der Waals surface area contributed by atoms with Crippen LogP contribution in [0.3, 0.4) is 0 Å². The van der Waals surface area contributed by atoms with Crippen LogP contribution in [0.4, 0.5) is 0 Å². The molecule has 0 heterocycles. The van der Waals surface area contributed by atoms with Crippen molar-refractivity contribution in [3.05, 3.63) is 70.8 Å². The molecule has 8 nitrogen and oxygen atoms in total. The second kappa shape index (κ2) is 9.22. The lowest BCUT2D eigenvalue weighted by Gasteiger charge is -2.34. The predicted octanol–water partition coefficient (Wildman–Crippen LogP) is 1.27. The number of aliphatic carboxylic acids is 2. The molecule has 0 fully saturated rings. The minimum absolute atomic E-state index is 0.00875. The summed E-state index contributed by atoms with van der Waals surface area (Å²) in [6.45, 7) is -0.461. The predicted molar refractivity (Wildman–Crippen MR) is 101 cm³/mol. The molecule has 0 aliphatic heterocycles. The van der Waals surface area contributed by atoms with Crippen molar-refractivity contribution in [1.29, 1.82) is 0 Å². The smallest absolute Gasteiger partial charge is 0.377 e. The molecule has 0 aliphatic carbocycles. The molecule has 0 aliphatic rings. The van der Waals surface area contributed by atoms with Gasteiger partial charge in [-0.15, -0.1) is 0 Å². The van der Waals surface area contributed by atoms with E-state index in [4.69, 9.17) is 10.2 Å². The minimum atomic E-state index is -1.58. The number of carboxylic acids is 2. The van der Waals surface area contributed by atoms with Crippen LogP contribution in [-0.4, -0.2) is 57.1 Å². The molecule has 2 aromatic rings. The van der Waals surface area contributed by atoms with E-state index in [1.54, 1.807) is 24.3 Å². The largest absolute Gasteiger partial charge is 0.475 e. The third-order valence-electron chi connectivity index (χ3n) is 4.86. The standard InChI is InChI=1S/C21H20O8/c22-11-9-21(10-12-23,15-5-1-13(2-6-15)17(24)19(26)27)16-7-3-14(4-8-16)18(25)20(28)29/h1-8,22-23H,9-12H2,(H,26,27)(H,28,29). The highest BCUT2D eigenvalue weighted by molar-refractivity contribution is 6.40. The molecule has 4 N–H and O–H groups in total. The second-order valence-corrected chi connectivity index (χ2v) is 6.45. The zero-order valence-corrected chi connectivity index (χ0v) is 15.4. The fraction of sp³-hybridized carbons (Fsp3) is 0.238. The van der Waals surface area contributed by atoms with E-state index in [1.165, 1.54) is 24.3 Å². The Hall–Kier alpha value is -3.36. The van der Waals surface area contributed by atoms with Crippen LogP contribution in [0.15, 0.2) is 48.5 Å². The van der Waals surface area contributed by atoms with Gasteiger partial charge in [0.15, 0.2) is 0 Å². The van der Waals surface area contributed by atoms with Crippen molar-refractivity contribution >= 4 is 23.5 Å². The van der Waals surface area contributed by atoms with Gasteiger partial charge in [-0.25, -0.2) is 9.59 Å². The summed E-state index contributed by atoms with van der Waals surface area (Å²) in [4.78, 5) is 45.0. The first-order valence-electron chi connectivity index (χ1n) is 8.75. The maximum Gasteiger partial charge on any atom is 0.377 e. The van der Waals surface area contributed by atoms with Crippen LogP contribution in [0.5, 0.6) is 0 Å². The van der Waals surface area contributed by atoms with Crippen molar-refractivity contribution in [3.63, 3.8) is 0 Å². The van der Waals surface area contributed by atoms with Crippen molar-refractivity contribution in [2.45, 2.75) is 18.3 Å². The van der Waals surface area contributed by atoms with Gasteiger partial charge in [0.05, 0.1) is 0 Å². The quantitative estimate of drug-likeness (QED) is 0.344. The number of benzene rings is 2.